The van der Waals surface area contributed by atoms with Crippen LogP contribution < -0.4 is 5.73 Å². The van der Waals surface area contributed by atoms with Crippen molar-refractivity contribution in [2.24, 2.45) is 17.3 Å². The third-order valence-corrected chi connectivity index (χ3v) is 11.3. The summed E-state index contributed by atoms with van der Waals surface area (Å²) in [7, 11) is 3.92. The van der Waals surface area contributed by atoms with E-state index in [2.05, 4.69) is 36.2 Å². The Morgan fingerprint density at radius 2 is 1.84 bits per heavy atom. The number of nitrogens with zero attached hydrogens (tertiary/aromatic N) is 2. The van der Waals surface area contributed by atoms with Crippen molar-refractivity contribution >= 4 is 22.2 Å². The molecule has 1 aromatic carbocycles. The summed E-state index contributed by atoms with van der Waals surface area (Å²) in [4.78, 5) is 6.24. The Labute approximate surface area is 218 Å². The fraction of sp³-hybridized carbons (Fsp3) is 0.633. The van der Waals surface area contributed by atoms with Crippen molar-refractivity contribution in [1.82, 2.24) is 9.88 Å². The molecule has 3 aliphatic carbocycles. The average molecular weight is 506 g/mol. The Bertz CT molecular complexity index is 1310. The molecule has 7 heteroatoms. The second-order valence-electron chi connectivity index (χ2n) is 13.1. The highest BCUT2D eigenvalue weighted by atomic mass is 16.6. The summed E-state index contributed by atoms with van der Waals surface area (Å²) in [6.07, 6.45) is 7.62. The number of aromatic nitrogens is 1. The zero-order chi connectivity index (χ0) is 26.0. The number of rotatable bonds is 2. The van der Waals surface area contributed by atoms with Crippen molar-refractivity contribution in [2.45, 2.75) is 86.9 Å². The summed E-state index contributed by atoms with van der Waals surface area (Å²) in [6.45, 7) is 2.36. The number of anilines is 1. The van der Waals surface area contributed by atoms with Crippen LogP contribution in [-0.4, -0.2) is 74.4 Å². The molecule has 7 nitrogen and oxygen atoms in total. The van der Waals surface area contributed by atoms with Gasteiger partial charge in [0.2, 0.25) is 0 Å². The molecule has 4 fully saturated rings. The number of aliphatic hydroxyl groups excluding tert-OH is 2. The molecule has 2 saturated heterocycles. The minimum absolute atomic E-state index is 0.120. The number of hydrogen-bond donors (Lipinski definition) is 4. The third-order valence-electron chi connectivity index (χ3n) is 11.3. The van der Waals surface area contributed by atoms with Gasteiger partial charge in [-0.15, -0.1) is 0 Å². The molecule has 3 heterocycles. The van der Waals surface area contributed by atoms with E-state index in [0.29, 0.717) is 25.1 Å². The molecule has 2 aromatic rings. The number of likely N-dealkylation sites (N-methyl/N-ethyl adjacent to an activating group) is 1. The normalized spacial score (nSPS) is 46.5. The van der Waals surface area contributed by atoms with Crippen LogP contribution in [0.4, 0.5) is 5.82 Å². The van der Waals surface area contributed by atoms with Crippen molar-refractivity contribution in [1.29, 1.82) is 0 Å². The quantitative estimate of drug-likeness (QED) is 0.496. The van der Waals surface area contributed by atoms with Crippen LogP contribution >= 0.6 is 0 Å². The highest BCUT2D eigenvalue weighted by Gasteiger charge is 2.76. The molecule has 198 valence electrons. The van der Waals surface area contributed by atoms with Gasteiger partial charge in [-0.1, -0.05) is 25.1 Å². The highest BCUT2D eigenvalue weighted by Crippen LogP contribution is 2.71. The van der Waals surface area contributed by atoms with Gasteiger partial charge >= 0.3 is 0 Å². The molecule has 2 saturated carbocycles. The second kappa shape index (κ2) is 7.54. The number of benzene rings is 1. The van der Waals surface area contributed by atoms with E-state index in [-0.39, 0.29) is 23.3 Å². The minimum atomic E-state index is -1.000. The van der Waals surface area contributed by atoms with Crippen LogP contribution in [0.1, 0.15) is 57.4 Å². The Kier molecular flexibility index (Phi) is 4.90. The molecule has 0 radical (unpaired) electrons. The molecule has 2 aliphatic heterocycles. The van der Waals surface area contributed by atoms with E-state index >= 15 is 0 Å². The molecule has 5 aliphatic rings. The number of hydrogen-bond acceptors (Lipinski definition) is 7. The van der Waals surface area contributed by atoms with Crippen molar-refractivity contribution < 1.29 is 20.1 Å². The van der Waals surface area contributed by atoms with Gasteiger partial charge in [-0.3, -0.25) is 0 Å². The van der Waals surface area contributed by atoms with Crippen molar-refractivity contribution in [3.63, 3.8) is 0 Å². The first kappa shape index (κ1) is 24.0. The Hall–Kier alpha value is -2.03. The smallest absolute Gasteiger partial charge is 0.123 e. The van der Waals surface area contributed by atoms with Crippen molar-refractivity contribution in [2.75, 3.05) is 19.8 Å². The fourth-order valence-corrected chi connectivity index (χ4v) is 9.38. The molecule has 37 heavy (non-hydrogen) atoms. The molecular formula is C30H39N3O4. The number of aliphatic hydroxyl groups is 3. The fourth-order valence-electron chi connectivity index (χ4n) is 9.38. The SMILES string of the molecule is CN(C)C1CC23CCC4(O2)C2CC=C(c5ccc6cnc(N)cc6c5)C2(C)CCC4(O)CC3C(O)C1O. The van der Waals surface area contributed by atoms with Gasteiger partial charge in [0.1, 0.15) is 11.4 Å². The largest absolute Gasteiger partial charge is 0.390 e. The van der Waals surface area contributed by atoms with Gasteiger partial charge in [-0.05, 0) is 93.1 Å². The van der Waals surface area contributed by atoms with Crippen LogP contribution in [0.5, 0.6) is 0 Å². The summed E-state index contributed by atoms with van der Waals surface area (Å²) in [5, 5.41) is 36.7. The molecule has 2 bridgehead atoms. The Morgan fingerprint density at radius 3 is 2.62 bits per heavy atom. The number of ether oxygens (including phenoxy) is 1. The van der Waals surface area contributed by atoms with Crippen LogP contribution in [-0.2, 0) is 4.74 Å². The molecule has 0 amide bonds. The maximum absolute atomic E-state index is 12.3. The predicted octanol–water partition coefficient (Wildman–Crippen LogP) is 3.12. The first-order chi connectivity index (χ1) is 17.5. The van der Waals surface area contributed by atoms with E-state index in [4.69, 9.17) is 10.5 Å². The summed E-state index contributed by atoms with van der Waals surface area (Å²) in [5.41, 5.74) is 6.25. The van der Waals surface area contributed by atoms with E-state index < -0.39 is 29.0 Å². The predicted molar refractivity (Wildman–Crippen MR) is 143 cm³/mol. The van der Waals surface area contributed by atoms with Crippen LogP contribution in [0.3, 0.4) is 0 Å². The molecule has 5 N–H and O–H groups in total. The van der Waals surface area contributed by atoms with Gasteiger partial charge in [0, 0.05) is 29.5 Å². The van der Waals surface area contributed by atoms with Gasteiger partial charge < -0.3 is 30.7 Å². The number of nitrogens with two attached hydrogens (primary N) is 1. The monoisotopic (exact) mass is 505 g/mol. The lowest BCUT2D eigenvalue weighted by molar-refractivity contribution is -0.331. The Morgan fingerprint density at radius 1 is 1.03 bits per heavy atom. The van der Waals surface area contributed by atoms with Gasteiger partial charge in [0.05, 0.1) is 23.4 Å². The van der Waals surface area contributed by atoms with Gasteiger partial charge in [0.25, 0.3) is 0 Å². The molecule has 9 atom stereocenters. The summed E-state index contributed by atoms with van der Waals surface area (Å²) >= 11 is 0. The standard InChI is InChI=1S/C30H39N3O4/c1-27-8-10-29(36)14-21-25(34)26(35)22(33(2)3)15-28(21)9-11-30(29,37-28)23(27)7-6-20(27)17-4-5-18-16-32-24(31)13-19(18)12-17/h4-6,12-13,16,21-23,25-26,34-36H,7-11,14-15H2,1-3H3,(H2,31,32). The number of allylic oxidation sites excluding steroid dienone is 2. The zero-order valence-corrected chi connectivity index (χ0v) is 22.0. The first-order valence-corrected chi connectivity index (χ1v) is 13.8. The molecule has 7 rings (SSSR count). The Balaban J connectivity index is 1.27. The third kappa shape index (κ3) is 2.98. The topological polar surface area (TPSA) is 112 Å². The zero-order valence-electron chi connectivity index (χ0n) is 22.0. The van der Waals surface area contributed by atoms with E-state index in [0.717, 1.165) is 36.5 Å². The van der Waals surface area contributed by atoms with E-state index in [9.17, 15) is 15.3 Å². The lowest BCUT2D eigenvalue weighted by atomic mass is 9.51. The van der Waals surface area contributed by atoms with E-state index in [1.807, 2.05) is 31.3 Å². The summed E-state index contributed by atoms with van der Waals surface area (Å²) < 4.78 is 7.23. The molecule has 2 spiro atoms. The lowest BCUT2D eigenvalue weighted by Crippen LogP contribution is -2.73. The van der Waals surface area contributed by atoms with E-state index in [1.165, 1.54) is 11.1 Å². The maximum Gasteiger partial charge on any atom is 0.123 e. The average Bonchev–Trinajstić information content (AvgIpc) is 3.39. The maximum atomic E-state index is 12.3. The van der Waals surface area contributed by atoms with Crippen LogP contribution in [0.25, 0.3) is 16.3 Å². The van der Waals surface area contributed by atoms with Crippen molar-refractivity contribution in [3.05, 3.63) is 42.1 Å². The summed E-state index contributed by atoms with van der Waals surface area (Å²) in [6, 6.07) is 8.29. The molecule has 1 aromatic heterocycles. The van der Waals surface area contributed by atoms with Crippen molar-refractivity contribution in [3.8, 4) is 0 Å². The number of fused-ring (bicyclic) bond motifs is 2. The highest BCUT2D eigenvalue weighted by molar-refractivity contribution is 5.88. The molecular weight excluding hydrogens is 466 g/mol. The lowest BCUT2D eigenvalue weighted by Gasteiger charge is -2.65. The summed E-state index contributed by atoms with van der Waals surface area (Å²) in [5.74, 6) is 0.430. The second-order valence-corrected chi connectivity index (χ2v) is 13.1. The van der Waals surface area contributed by atoms with Gasteiger partial charge in [0.15, 0.2) is 0 Å². The first-order valence-electron chi connectivity index (χ1n) is 13.8. The van der Waals surface area contributed by atoms with E-state index in [1.54, 1.807) is 0 Å². The van der Waals surface area contributed by atoms with Crippen LogP contribution in [0.2, 0.25) is 0 Å². The van der Waals surface area contributed by atoms with Gasteiger partial charge in [-0.2, -0.15) is 0 Å². The van der Waals surface area contributed by atoms with Gasteiger partial charge in [-0.25, -0.2) is 4.98 Å². The number of nitrogen functional groups attached to an aromatic ring is 1. The van der Waals surface area contributed by atoms with Crippen LogP contribution in [0.15, 0.2) is 36.5 Å². The molecule has 9 unspecified atom stereocenters. The minimum Gasteiger partial charge on any atom is -0.390 e. The number of pyridine rings is 1. The van der Waals surface area contributed by atoms with Crippen LogP contribution in [0, 0.1) is 17.3 Å².